The summed E-state index contributed by atoms with van der Waals surface area (Å²) in [6.45, 7) is 1.40. The third kappa shape index (κ3) is 4.78. The zero-order valence-corrected chi connectivity index (χ0v) is 16.8. The van der Waals surface area contributed by atoms with Crippen LogP contribution in [0.3, 0.4) is 0 Å². The lowest BCUT2D eigenvalue weighted by molar-refractivity contribution is 0.0958. The molecule has 0 atom stereocenters. The number of rotatable bonds is 8. The number of benzene rings is 2. The van der Waals surface area contributed by atoms with Crippen LogP contribution >= 0.6 is 11.3 Å². The molecular formula is C21H21N3O4S. The average Bonchev–Trinajstić information content (AvgIpc) is 3.42. The van der Waals surface area contributed by atoms with Gasteiger partial charge < -0.3 is 24.8 Å². The number of hydrogen-bond acceptors (Lipinski definition) is 7. The van der Waals surface area contributed by atoms with Crippen LogP contribution in [0.2, 0.25) is 0 Å². The highest BCUT2D eigenvalue weighted by Crippen LogP contribution is 2.32. The zero-order valence-electron chi connectivity index (χ0n) is 15.9. The van der Waals surface area contributed by atoms with Crippen molar-refractivity contribution < 1.29 is 19.0 Å². The Labute approximate surface area is 172 Å². The van der Waals surface area contributed by atoms with Crippen molar-refractivity contribution in [3.8, 4) is 17.2 Å². The molecule has 0 saturated heterocycles. The molecule has 1 aliphatic rings. The lowest BCUT2D eigenvalue weighted by Gasteiger charge is -2.05. The fourth-order valence-electron chi connectivity index (χ4n) is 2.89. The molecule has 3 aromatic rings. The summed E-state index contributed by atoms with van der Waals surface area (Å²) in [5, 5.41) is 6.87. The molecule has 2 heterocycles. The van der Waals surface area contributed by atoms with E-state index in [2.05, 4.69) is 15.6 Å². The fraction of sp³-hybridized carbons (Fsp3) is 0.238. The standard InChI is InChI=1S/C21H21N3O4S/c1-26-16-5-2-14(3-6-16)8-9-22-20(25)19-12-24-21(29-19)23-11-15-4-7-17-18(10-15)28-13-27-17/h2-7,10,12H,8-9,11,13H2,1H3,(H,22,25)(H,23,24). The average molecular weight is 411 g/mol. The third-order valence-electron chi connectivity index (χ3n) is 4.47. The molecule has 8 heteroatoms. The van der Waals surface area contributed by atoms with Crippen LogP contribution in [0.5, 0.6) is 17.2 Å². The molecule has 0 bridgehead atoms. The molecule has 2 N–H and O–H groups in total. The van der Waals surface area contributed by atoms with E-state index < -0.39 is 0 Å². The highest BCUT2D eigenvalue weighted by atomic mass is 32.1. The van der Waals surface area contributed by atoms with Gasteiger partial charge in [0.05, 0.1) is 13.3 Å². The molecule has 0 fully saturated rings. The second-order valence-corrected chi connectivity index (χ2v) is 7.46. The lowest BCUT2D eigenvalue weighted by atomic mass is 10.1. The van der Waals surface area contributed by atoms with Crippen molar-refractivity contribution in [2.24, 2.45) is 0 Å². The summed E-state index contributed by atoms with van der Waals surface area (Å²) in [5.41, 5.74) is 2.19. The Morgan fingerprint density at radius 3 is 2.76 bits per heavy atom. The number of carbonyl (C=O) groups is 1. The van der Waals surface area contributed by atoms with Crippen molar-refractivity contribution in [2.75, 3.05) is 25.8 Å². The third-order valence-corrected chi connectivity index (χ3v) is 5.42. The van der Waals surface area contributed by atoms with E-state index in [1.54, 1.807) is 13.3 Å². The van der Waals surface area contributed by atoms with Gasteiger partial charge in [-0.15, -0.1) is 0 Å². The van der Waals surface area contributed by atoms with Crippen LogP contribution in [0.1, 0.15) is 20.8 Å². The molecule has 1 aliphatic heterocycles. The number of amides is 1. The smallest absolute Gasteiger partial charge is 0.263 e. The van der Waals surface area contributed by atoms with Gasteiger partial charge in [0, 0.05) is 13.1 Å². The Hall–Kier alpha value is -3.26. The minimum absolute atomic E-state index is 0.118. The van der Waals surface area contributed by atoms with Gasteiger partial charge in [0.1, 0.15) is 10.6 Å². The van der Waals surface area contributed by atoms with E-state index in [4.69, 9.17) is 14.2 Å². The van der Waals surface area contributed by atoms with Gasteiger partial charge in [-0.1, -0.05) is 29.5 Å². The highest BCUT2D eigenvalue weighted by molar-refractivity contribution is 7.17. The lowest BCUT2D eigenvalue weighted by Crippen LogP contribution is -2.24. The molecule has 0 spiro atoms. The van der Waals surface area contributed by atoms with Gasteiger partial charge in [-0.2, -0.15) is 0 Å². The molecule has 0 radical (unpaired) electrons. The minimum Gasteiger partial charge on any atom is -0.497 e. The second-order valence-electron chi connectivity index (χ2n) is 6.42. The van der Waals surface area contributed by atoms with Gasteiger partial charge in [0.15, 0.2) is 16.6 Å². The maximum atomic E-state index is 12.3. The molecule has 1 amide bonds. The van der Waals surface area contributed by atoms with Crippen LogP contribution in [-0.4, -0.2) is 31.3 Å². The van der Waals surface area contributed by atoms with E-state index in [0.717, 1.165) is 34.8 Å². The van der Waals surface area contributed by atoms with Crippen molar-refractivity contribution in [3.63, 3.8) is 0 Å². The molecule has 4 rings (SSSR count). The Bertz CT molecular complexity index is 988. The van der Waals surface area contributed by atoms with Gasteiger partial charge in [0.2, 0.25) is 6.79 Å². The summed E-state index contributed by atoms with van der Waals surface area (Å²) in [6.07, 6.45) is 2.35. The van der Waals surface area contributed by atoms with Gasteiger partial charge in [-0.3, -0.25) is 4.79 Å². The maximum Gasteiger partial charge on any atom is 0.263 e. The minimum atomic E-state index is -0.118. The van der Waals surface area contributed by atoms with Crippen LogP contribution < -0.4 is 24.8 Å². The van der Waals surface area contributed by atoms with Crippen molar-refractivity contribution in [2.45, 2.75) is 13.0 Å². The van der Waals surface area contributed by atoms with Crippen LogP contribution in [0.4, 0.5) is 5.13 Å². The summed E-state index contributed by atoms with van der Waals surface area (Å²) in [6, 6.07) is 13.6. The van der Waals surface area contributed by atoms with E-state index in [1.807, 2.05) is 42.5 Å². The molecular weight excluding hydrogens is 390 g/mol. The van der Waals surface area contributed by atoms with Crippen LogP contribution in [0.25, 0.3) is 0 Å². The van der Waals surface area contributed by atoms with Crippen LogP contribution in [0.15, 0.2) is 48.7 Å². The number of nitrogens with zero attached hydrogens (tertiary/aromatic N) is 1. The molecule has 0 unspecified atom stereocenters. The SMILES string of the molecule is COc1ccc(CCNC(=O)c2cnc(NCc3ccc4c(c3)OCO4)s2)cc1. The predicted molar refractivity (Wildman–Crippen MR) is 111 cm³/mol. The number of aromatic nitrogens is 1. The van der Waals surface area contributed by atoms with Crippen LogP contribution in [-0.2, 0) is 13.0 Å². The highest BCUT2D eigenvalue weighted by Gasteiger charge is 2.14. The first-order chi connectivity index (χ1) is 14.2. The number of thiazole rings is 1. The largest absolute Gasteiger partial charge is 0.497 e. The molecule has 29 heavy (non-hydrogen) atoms. The van der Waals surface area contributed by atoms with E-state index in [-0.39, 0.29) is 12.7 Å². The quantitative estimate of drug-likeness (QED) is 0.591. The maximum absolute atomic E-state index is 12.3. The number of methoxy groups -OCH3 is 1. The Balaban J connectivity index is 1.25. The Morgan fingerprint density at radius 1 is 1.14 bits per heavy atom. The molecule has 1 aromatic heterocycles. The van der Waals surface area contributed by atoms with E-state index in [9.17, 15) is 4.79 Å². The predicted octanol–water partition coefficient (Wildman–Crippen LogP) is 3.47. The van der Waals surface area contributed by atoms with Gasteiger partial charge in [0.25, 0.3) is 5.91 Å². The summed E-state index contributed by atoms with van der Waals surface area (Å²) in [4.78, 5) is 17.2. The monoisotopic (exact) mass is 411 g/mol. The van der Waals surface area contributed by atoms with Crippen molar-refractivity contribution in [3.05, 3.63) is 64.7 Å². The molecule has 0 aliphatic carbocycles. The first kappa shape index (κ1) is 19.1. The summed E-state index contributed by atoms with van der Waals surface area (Å²) in [5.74, 6) is 2.22. The summed E-state index contributed by atoms with van der Waals surface area (Å²) >= 11 is 1.33. The number of carbonyl (C=O) groups excluding carboxylic acids is 1. The number of anilines is 1. The number of ether oxygens (including phenoxy) is 3. The van der Waals surface area contributed by atoms with E-state index in [1.165, 1.54) is 11.3 Å². The fourth-order valence-corrected chi connectivity index (χ4v) is 3.62. The van der Waals surface area contributed by atoms with Crippen molar-refractivity contribution >= 4 is 22.4 Å². The molecule has 150 valence electrons. The normalized spacial score (nSPS) is 11.9. The van der Waals surface area contributed by atoms with Crippen molar-refractivity contribution in [1.82, 2.24) is 10.3 Å². The first-order valence-corrected chi connectivity index (χ1v) is 10.0. The van der Waals surface area contributed by atoms with E-state index >= 15 is 0 Å². The number of fused-ring (bicyclic) bond motifs is 1. The van der Waals surface area contributed by atoms with Gasteiger partial charge >= 0.3 is 0 Å². The number of nitrogens with one attached hydrogen (secondary N) is 2. The Kier molecular flexibility index (Phi) is 5.81. The van der Waals surface area contributed by atoms with Gasteiger partial charge in [-0.05, 0) is 41.8 Å². The second kappa shape index (κ2) is 8.83. The molecule has 7 nitrogen and oxygen atoms in total. The summed E-state index contributed by atoms with van der Waals surface area (Å²) < 4.78 is 15.8. The van der Waals surface area contributed by atoms with Crippen molar-refractivity contribution in [1.29, 1.82) is 0 Å². The summed E-state index contributed by atoms with van der Waals surface area (Å²) in [7, 11) is 1.64. The zero-order chi connectivity index (χ0) is 20.1. The van der Waals surface area contributed by atoms with Crippen LogP contribution in [0, 0.1) is 0 Å². The van der Waals surface area contributed by atoms with E-state index in [0.29, 0.717) is 23.1 Å². The first-order valence-electron chi connectivity index (χ1n) is 9.20. The molecule has 0 saturated carbocycles. The molecule has 2 aromatic carbocycles. The Morgan fingerprint density at radius 2 is 1.93 bits per heavy atom. The number of hydrogen-bond donors (Lipinski definition) is 2. The van der Waals surface area contributed by atoms with Gasteiger partial charge in [-0.25, -0.2) is 4.98 Å². The topological polar surface area (TPSA) is 81.7 Å².